The molecule has 0 saturated carbocycles. The van der Waals surface area contributed by atoms with Crippen molar-refractivity contribution in [2.75, 3.05) is 0 Å². The molecule has 6 heteroatoms. The van der Waals surface area contributed by atoms with Gasteiger partial charge in [-0.2, -0.15) is 0 Å². The lowest BCUT2D eigenvalue weighted by molar-refractivity contribution is -0.130. The van der Waals surface area contributed by atoms with Crippen molar-refractivity contribution < 1.29 is 23.5 Å². The van der Waals surface area contributed by atoms with Crippen LogP contribution in [0.2, 0.25) is 0 Å². The summed E-state index contributed by atoms with van der Waals surface area (Å²) >= 11 is 0. The highest BCUT2D eigenvalue weighted by molar-refractivity contribution is 6.14. The third-order valence-corrected chi connectivity index (χ3v) is 4.74. The zero-order valence-corrected chi connectivity index (χ0v) is 15.5. The number of aryl methyl sites for hydroxylation is 2. The molecule has 1 atom stereocenters. The number of amides is 1. The first kappa shape index (κ1) is 17.9. The van der Waals surface area contributed by atoms with Gasteiger partial charge >= 0.3 is 0 Å². The number of hydrogen-bond donors (Lipinski definition) is 1. The van der Waals surface area contributed by atoms with Gasteiger partial charge in [-0.3, -0.25) is 9.59 Å². The summed E-state index contributed by atoms with van der Waals surface area (Å²) in [5.41, 5.74) is 0.837. The van der Waals surface area contributed by atoms with E-state index in [-0.39, 0.29) is 17.9 Å². The molecule has 6 nitrogen and oxygen atoms in total. The SMILES string of the molecule is Cc1ccc(C(=O)C2=C(O)C(=O)N(Cc3ccccc3)C2c2ccc(C)o2)o1. The van der Waals surface area contributed by atoms with E-state index in [0.717, 1.165) is 5.56 Å². The molecule has 1 aromatic carbocycles. The number of furan rings is 2. The van der Waals surface area contributed by atoms with Crippen LogP contribution in [0.4, 0.5) is 0 Å². The molecule has 2 aromatic heterocycles. The first-order valence-electron chi connectivity index (χ1n) is 8.91. The average Bonchev–Trinajstić information content (AvgIpc) is 3.37. The second kappa shape index (κ2) is 6.88. The Morgan fingerprint density at radius 2 is 1.68 bits per heavy atom. The molecule has 1 amide bonds. The van der Waals surface area contributed by atoms with E-state index in [2.05, 4.69) is 0 Å². The van der Waals surface area contributed by atoms with Crippen LogP contribution in [0.3, 0.4) is 0 Å². The molecule has 0 saturated heterocycles. The van der Waals surface area contributed by atoms with E-state index in [0.29, 0.717) is 17.3 Å². The summed E-state index contributed by atoms with van der Waals surface area (Å²) in [6, 6.07) is 15.2. The van der Waals surface area contributed by atoms with Crippen LogP contribution in [-0.4, -0.2) is 21.7 Å². The Bertz CT molecular complexity index is 1070. The Hall–Kier alpha value is -3.54. The Morgan fingerprint density at radius 3 is 2.29 bits per heavy atom. The maximum Gasteiger partial charge on any atom is 0.290 e. The van der Waals surface area contributed by atoms with E-state index in [1.807, 2.05) is 30.3 Å². The van der Waals surface area contributed by atoms with Crippen LogP contribution < -0.4 is 0 Å². The van der Waals surface area contributed by atoms with E-state index < -0.39 is 23.5 Å². The summed E-state index contributed by atoms with van der Waals surface area (Å²) in [6.45, 7) is 3.73. The molecule has 1 aliphatic rings. The van der Waals surface area contributed by atoms with E-state index in [1.165, 1.54) is 11.0 Å². The molecule has 4 rings (SSSR count). The number of Topliss-reactive ketones (excluding diaryl/α,β-unsaturated/α-hetero) is 1. The first-order chi connectivity index (χ1) is 13.5. The smallest absolute Gasteiger partial charge is 0.290 e. The van der Waals surface area contributed by atoms with Crippen LogP contribution in [0.5, 0.6) is 0 Å². The summed E-state index contributed by atoms with van der Waals surface area (Å²) in [7, 11) is 0. The molecular weight excluding hydrogens is 358 g/mol. The summed E-state index contributed by atoms with van der Waals surface area (Å²) < 4.78 is 11.2. The van der Waals surface area contributed by atoms with Crippen molar-refractivity contribution in [2.45, 2.75) is 26.4 Å². The van der Waals surface area contributed by atoms with Crippen LogP contribution in [0.15, 0.2) is 74.8 Å². The van der Waals surface area contributed by atoms with Crippen LogP contribution in [0, 0.1) is 13.8 Å². The molecule has 28 heavy (non-hydrogen) atoms. The van der Waals surface area contributed by atoms with Crippen molar-refractivity contribution in [3.05, 3.63) is 94.5 Å². The normalized spacial score (nSPS) is 16.9. The first-order valence-corrected chi connectivity index (χ1v) is 8.91. The fourth-order valence-electron chi connectivity index (χ4n) is 3.41. The number of aliphatic hydroxyl groups is 1. The third-order valence-electron chi connectivity index (χ3n) is 4.74. The Morgan fingerprint density at radius 1 is 1.00 bits per heavy atom. The molecular formula is C22H19NO5. The van der Waals surface area contributed by atoms with Crippen molar-refractivity contribution in [1.82, 2.24) is 4.90 Å². The minimum atomic E-state index is -0.834. The molecule has 3 heterocycles. The minimum absolute atomic E-state index is 0.0374. The van der Waals surface area contributed by atoms with Gasteiger partial charge in [0.15, 0.2) is 11.5 Å². The fourth-order valence-corrected chi connectivity index (χ4v) is 3.41. The number of hydrogen-bond acceptors (Lipinski definition) is 5. The summed E-state index contributed by atoms with van der Waals surface area (Å²) in [5.74, 6) is -0.0234. The lowest BCUT2D eigenvalue weighted by Gasteiger charge is -2.24. The molecule has 142 valence electrons. The maximum absolute atomic E-state index is 13.1. The van der Waals surface area contributed by atoms with E-state index in [4.69, 9.17) is 8.83 Å². The number of benzene rings is 1. The van der Waals surface area contributed by atoms with Crippen molar-refractivity contribution >= 4 is 11.7 Å². The molecule has 0 fully saturated rings. The molecule has 1 N–H and O–H groups in total. The van der Waals surface area contributed by atoms with Crippen molar-refractivity contribution in [3.8, 4) is 0 Å². The number of aliphatic hydroxyl groups excluding tert-OH is 1. The summed E-state index contributed by atoms with van der Waals surface area (Å²) in [4.78, 5) is 27.4. The van der Waals surface area contributed by atoms with E-state index in [1.54, 1.807) is 32.0 Å². The van der Waals surface area contributed by atoms with E-state index >= 15 is 0 Å². The number of nitrogens with zero attached hydrogens (tertiary/aromatic N) is 1. The number of rotatable bonds is 5. The zero-order chi connectivity index (χ0) is 19.8. The van der Waals surface area contributed by atoms with Gasteiger partial charge in [-0.1, -0.05) is 30.3 Å². The third kappa shape index (κ3) is 3.03. The number of carbonyl (C=O) groups is 2. The average molecular weight is 377 g/mol. The molecule has 0 aliphatic carbocycles. The van der Waals surface area contributed by atoms with Crippen molar-refractivity contribution in [1.29, 1.82) is 0 Å². The molecule has 1 unspecified atom stereocenters. The highest BCUT2D eigenvalue weighted by atomic mass is 16.4. The molecule has 0 bridgehead atoms. The van der Waals surface area contributed by atoms with Crippen LogP contribution >= 0.6 is 0 Å². The monoisotopic (exact) mass is 377 g/mol. The standard InChI is InChI=1S/C22H19NO5/c1-13-8-10-16(27-13)19-18(20(24)17-11-9-14(2)28-17)21(25)22(26)23(19)12-15-6-4-3-5-7-15/h3-11,19,25H,12H2,1-2H3. The Labute approximate surface area is 161 Å². The summed E-state index contributed by atoms with van der Waals surface area (Å²) in [5, 5.41) is 10.6. The molecule has 1 aliphatic heterocycles. The van der Waals surface area contributed by atoms with Gasteiger partial charge in [-0.25, -0.2) is 0 Å². The lowest BCUT2D eigenvalue weighted by atomic mass is 9.99. The van der Waals surface area contributed by atoms with Crippen molar-refractivity contribution in [2.24, 2.45) is 0 Å². The highest BCUT2D eigenvalue weighted by Gasteiger charge is 2.45. The lowest BCUT2D eigenvalue weighted by Crippen LogP contribution is -2.30. The van der Waals surface area contributed by atoms with Crippen LogP contribution in [0.25, 0.3) is 0 Å². The Kier molecular flexibility index (Phi) is 4.39. The van der Waals surface area contributed by atoms with Gasteiger partial charge < -0.3 is 18.8 Å². The van der Waals surface area contributed by atoms with Gasteiger partial charge in [0.2, 0.25) is 5.78 Å². The number of carbonyl (C=O) groups excluding carboxylic acids is 2. The summed E-state index contributed by atoms with van der Waals surface area (Å²) in [6.07, 6.45) is 0. The van der Waals surface area contributed by atoms with Gasteiger partial charge in [-0.15, -0.1) is 0 Å². The van der Waals surface area contributed by atoms with Crippen molar-refractivity contribution in [3.63, 3.8) is 0 Å². The van der Waals surface area contributed by atoms with Crippen LogP contribution in [-0.2, 0) is 11.3 Å². The maximum atomic E-state index is 13.1. The highest BCUT2D eigenvalue weighted by Crippen LogP contribution is 2.40. The quantitative estimate of drug-likeness (QED) is 0.672. The van der Waals surface area contributed by atoms with Gasteiger partial charge in [0, 0.05) is 6.54 Å². The number of ketones is 1. The minimum Gasteiger partial charge on any atom is -0.503 e. The predicted octanol–water partition coefficient (Wildman–Crippen LogP) is 4.27. The van der Waals surface area contributed by atoms with E-state index in [9.17, 15) is 14.7 Å². The van der Waals surface area contributed by atoms with Gasteiger partial charge in [0.05, 0.1) is 5.57 Å². The molecule has 3 aromatic rings. The van der Waals surface area contributed by atoms with Gasteiger partial charge in [0.1, 0.15) is 23.3 Å². The predicted molar refractivity (Wildman–Crippen MR) is 101 cm³/mol. The van der Waals surface area contributed by atoms with Gasteiger partial charge in [0.25, 0.3) is 5.91 Å². The fraction of sp³-hybridized carbons (Fsp3) is 0.182. The Balaban J connectivity index is 1.78. The molecule has 0 spiro atoms. The van der Waals surface area contributed by atoms with Gasteiger partial charge in [-0.05, 0) is 43.7 Å². The zero-order valence-electron chi connectivity index (χ0n) is 15.5. The van der Waals surface area contributed by atoms with Crippen LogP contribution in [0.1, 0.15) is 39.4 Å². The topological polar surface area (TPSA) is 83.9 Å². The second-order valence-electron chi connectivity index (χ2n) is 6.77. The largest absolute Gasteiger partial charge is 0.503 e. The second-order valence-corrected chi connectivity index (χ2v) is 6.77. The molecule has 0 radical (unpaired) electrons.